The zero-order valence-corrected chi connectivity index (χ0v) is 10.7. The van der Waals surface area contributed by atoms with Gasteiger partial charge in [0.1, 0.15) is 17.6 Å². The minimum Gasteiger partial charge on any atom is -0.505 e. The van der Waals surface area contributed by atoms with E-state index < -0.39 is 0 Å². The SMILES string of the molecule is Oc1cnccc1-c1nc(-c2coc3ccccc23)no1. The number of furan rings is 1. The molecule has 0 spiro atoms. The van der Waals surface area contributed by atoms with E-state index in [4.69, 9.17) is 8.94 Å². The number of aromatic nitrogens is 3. The summed E-state index contributed by atoms with van der Waals surface area (Å²) in [5.74, 6) is 0.631. The third-order valence-electron chi connectivity index (χ3n) is 3.18. The number of pyridine rings is 1. The van der Waals surface area contributed by atoms with Crippen molar-refractivity contribution in [3.63, 3.8) is 0 Å². The Hall–Kier alpha value is -3.15. The number of hydrogen-bond donors (Lipinski definition) is 1. The molecule has 0 aliphatic rings. The molecule has 0 saturated heterocycles. The maximum atomic E-state index is 9.77. The fraction of sp³-hybridized carbons (Fsp3) is 0. The summed E-state index contributed by atoms with van der Waals surface area (Å²) in [6, 6.07) is 9.21. The van der Waals surface area contributed by atoms with E-state index in [2.05, 4.69) is 15.1 Å². The molecule has 102 valence electrons. The van der Waals surface area contributed by atoms with Gasteiger partial charge in [0.05, 0.1) is 17.3 Å². The fourth-order valence-corrected chi connectivity index (χ4v) is 2.16. The van der Waals surface area contributed by atoms with Crippen molar-refractivity contribution in [3.8, 4) is 28.6 Å². The van der Waals surface area contributed by atoms with Crippen LogP contribution in [0.5, 0.6) is 5.75 Å². The number of nitrogens with zero attached hydrogens (tertiary/aromatic N) is 3. The first-order chi connectivity index (χ1) is 10.3. The second kappa shape index (κ2) is 4.45. The van der Waals surface area contributed by atoms with Crippen molar-refractivity contribution in [2.75, 3.05) is 0 Å². The average Bonchev–Trinajstić information content (AvgIpc) is 3.14. The third kappa shape index (κ3) is 1.85. The van der Waals surface area contributed by atoms with Gasteiger partial charge in [0.15, 0.2) is 0 Å². The Morgan fingerprint density at radius 3 is 2.86 bits per heavy atom. The van der Waals surface area contributed by atoms with Gasteiger partial charge in [0, 0.05) is 11.6 Å². The fourth-order valence-electron chi connectivity index (χ4n) is 2.16. The van der Waals surface area contributed by atoms with E-state index in [0.29, 0.717) is 11.4 Å². The molecular formula is C15H9N3O3. The first-order valence-electron chi connectivity index (χ1n) is 6.26. The molecule has 6 heteroatoms. The summed E-state index contributed by atoms with van der Waals surface area (Å²) in [4.78, 5) is 8.12. The van der Waals surface area contributed by atoms with E-state index in [-0.39, 0.29) is 11.6 Å². The molecule has 0 aliphatic heterocycles. The normalized spacial score (nSPS) is 11.0. The molecule has 1 aromatic carbocycles. The summed E-state index contributed by atoms with van der Waals surface area (Å²) in [5.41, 5.74) is 1.94. The van der Waals surface area contributed by atoms with Crippen LogP contribution < -0.4 is 0 Å². The van der Waals surface area contributed by atoms with Gasteiger partial charge in [0.25, 0.3) is 5.89 Å². The van der Waals surface area contributed by atoms with Crippen LogP contribution >= 0.6 is 0 Å². The molecule has 0 saturated carbocycles. The topological polar surface area (TPSA) is 85.2 Å². The summed E-state index contributed by atoms with van der Waals surface area (Å²) in [7, 11) is 0. The number of para-hydroxylation sites is 1. The minimum atomic E-state index is -0.00949. The van der Waals surface area contributed by atoms with Gasteiger partial charge in [-0.1, -0.05) is 23.4 Å². The quantitative estimate of drug-likeness (QED) is 0.606. The Labute approximate surface area is 118 Å². The monoisotopic (exact) mass is 279 g/mol. The van der Waals surface area contributed by atoms with Crippen LogP contribution in [0.1, 0.15) is 0 Å². The van der Waals surface area contributed by atoms with Crippen LogP contribution in [-0.4, -0.2) is 20.2 Å². The lowest BCUT2D eigenvalue weighted by Crippen LogP contribution is -1.81. The first-order valence-corrected chi connectivity index (χ1v) is 6.26. The predicted octanol–water partition coefficient (Wildman–Crippen LogP) is 3.25. The van der Waals surface area contributed by atoms with Gasteiger partial charge in [-0.15, -0.1) is 0 Å². The molecule has 21 heavy (non-hydrogen) atoms. The lowest BCUT2D eigenvalue weighted by molar-refractivity contribution is 0.425. The molecule has 3 aromatic heterocycles. The molecule has 0 amide bonds. The van der Waals surface area contributed by atoms with Crippen LogP contribution in [-0.2, 0) is 0 Å². The number of benzene rings is 1. The zero-order chi connectivity index (χ0) is 14.2. The molecule has 0 fully saturated rings. The summed E-state index contributed by atoms with van der Waals surface area (Å²) in [5, 5.41) is 14.6. The van der Waals surface area contributed by atoms with Crippen LogP contribution in [0.2, 0.25) is 0 Å². The lowest BCUT2D eigenvalue weighted by Gasteiger charge is -1.95. The standard InChI is InChI=1S/C15H9N3O3/c19-12-7-16-6-5-10(12)15-17-14(18-21-15)11-8-20-13-4-2-1-3-9(11)13/h1-8,19H. The second-order valence-electron chi connectivity index (χ2n) is 4.46. The Bertz CT molecular complexity index is 926. The molecule has 0 aliphatic carbocycles. The largest absolute Gasteiger partial charge is 0.505 e. The molecule has 0 atom stereocenters. The molecular weight excluding hydrogens is 270 g/mol. The predicted molar refractivity (Wildman–Crippen MR) is 74.4 cm³/mol. The van der Waals surface area contributed by atoms with Crippen LogP contribution in [0.15, 0.2) is 57.9 Å². The summed E-state index contributed by atoms with van der Waals surface area (Å²) < 4.78 is 10.7. The van der Waals surface area contributed by atoms with E-state index >= 15 is 0 Å². The van der Waals surface area contributed by atoms with Gasteiger partial charge in [-0.2, -0.15) is 4.98 Å². The third-order valence-corrected chi connectivity index (χ3v) is 3.18. The van der Waals surface area contributed by atoms with Gasteiger partial charge >= 0.3 is 0 Å². The van der Waals surface area contributed by atoms with Gasteiger partial charge in [-0.05, 0) is 12.1 Å². The maximum absolute atomic E-state index is 9.77. The molecule has 0 bridgehead atoms. The highest BCUT2D eigenvalue weighted by Crippen LogP contribution is 2.32. The number of rotatable bonds is 2. The van der Waals surface area contributed by atoms with E-state index in [1.165, 1.54) is 6.20 Å². The molecule has 0 radical (unpaired) electrons. The van der Waals surface area contributed by atoms with E-state index in [0.717, 1.165) is 16.5 Å². The highest BCUT2D eigenvalue weighted by Gasteiger charge is 2.17. The average molecular weight is 279 g/mol. The Morgan fingerprint density at radius 1 is 1.05 bits per heavy atom. The van der Waals surface area contributed by atoms with Crippen molar-refractivity contribution in [1.82, 2.24) is 15.1 Å². The van der Waals surface area contributed by atoms with E-state index in [1.54, 1.807) is 18.5 Å². The first kappa shape index (κ1) is 11.7. The van der Waals surface area contributed by atoms with Gasteiger partial charge in [-0.3, -0.25) is 4.98 Å². The number of aromatic hydroxyl groups is 1. The van der Waals surface area contributed by atoms with Crippen molar-refractivity contribution in [2.24, 2.45) is 0 Å². The molecule has 3 heterocycles. The highest BCUT2D eigenvalue weighted by molar-refractivity contribution is 5.92. The summed E-state index contributed by atoms with van der Waals surface area (Å²) in [6.45, 7) is 0. The molecule has 1 N–H and O–H groups in total. The van der Waals surface area contributed by atoms with Crippen molar-refractivity contribution in [2.45, 2.75) is 0 Å². The number of hydrogen-bond acceptors (Lipinski definition) is 6. The summed E-state index contributed by atoms with van der Waals surface area (Å²) >= 11 is 0. The van der Waals surface area contributed by atoms with E-state index in [9.17, 15) is 5.11 Å². The van der Waals surface area contributed by atoms with Crippen LogP contribution in [0.4, 0.5) is 0 Å². The van der Waals surface area contributed by atoms with Gasteiger partial charge in [0.2, 0.25) is 5.82 Å². The molecule has 6 nitrogen and oxygen atoms in total. The van der Waals surface area contributed by atoms with Crippen LogP contribution in [0.25, 0.3) is 33.8 Å². The molecule has 0 unspecified atom stereocenters. The number of fused-ring (bicyclic) bond motifs is 1. The highest BCUT2D eigenvalue weighted by atomic mass is 16.5. The van der Waals surface area contributed by atoms with Crippen LogP contribution in [0.3, 0.4) is 0 Å². The maximum Gasteiger partial charge on any atom is 0.262 e. The summed E-state index contributed by atoms with van der Waals surface area (Å²) in [6.07, 6.45) is 4.46. The smallest absolute Gasteiger partial charge is 0.262 e. The molecule has 4 rings (SSSR count). The molecule has 4 aromatic rings. The Morgan fingerprint density at radius 2 is 1.95 bits per heavy atom. The van der Waals surface area contributed by atoms with Crippen molar-refractivity contribution < 1.29 is 14.0 Å². The lowest BCUT2D eigenvalue weighted by atomic mass is 10.2. The Balaban J connectivity index is 1.83. The van der Waals surface area contributed by atoms with Gasteiger partial charge < -0.3 is 14.0 Å². The van der Waals surface area contributed by atoms with Crippen LogP contribution in [0, 0.1) is 0 Å². The zero-order valence-electron chi connectivity index (χ0n) is 10.7. The van der Waals surface area contributed by atoms with Gasteiger partial charge in [-0.25, -0.2) is 0 Å². The van der Waals surface area contributed by atoms with Crippen molar-refractivity contribution in [1.29, 1.82) is 0 Å². The van der Waals surface area contributed by atoms with Crippen molar-refractivity contribution in [3.05, 3.63) is 49.0 Å². The van der Waals surface area contributed by atoms with Crippen molar-refractivity contribution >= 4 is 11.0 Å². The minimum absolute atomic E-state index is 0.00949. The van der Waals surface area contributed by atoms with E-state index in [1.807, 2.05) is 24.3 Å². The Kier molecular flexibility index (Phi) is 2.47. The second-order valence-corrected chi connectivity index (χ2v) is 4.46.